The highest BCUT2D eigenvalue weighted by Gasteiger charge is 2.15. The van der Waals surface area contributed by atoms with Crippen molar-refractivity contribution < 1.29 is 9.84 Å². The van der Waals surface area contributed by atoms with E-state index in [-0.39, 0.29) is 0 Å². The Morgan fingerprint density at radius 3 is 2.45 bits per heavy atom. The van der Waals surface area contributed by atoms with E-state index in [9.17, 15) is 5.11 Å². The normalized spacial score (nSPS) is 19.4. The molecule has 0 bridgehead atoms. The summed E-state index contributed by atoms with van der Waals surface area (Å²) in [5.41, 5.74) is 1.07. The van der Waals surface area contributed by atoms with Gasteiger partial charge in [-0.15, -0.1) is 0 Å². The van der Waals surface area contributed by atoms with Gasteiger partial charge >= 0.3 is 0 Å². The van der Waals surface area contributed by atoms with Gasteiger partial charge in [0.2, 0.25) is 0 Å². The molecule has 1 aliphatic rings. The van der Waals surface area contributed by atoms with Crippen LogP contribution in [0.1, 0.15) is 5.56 Å². The molecule has 0 radical (unpaired) electrons. The molecule has 1 heterocycles. The van der Waals surface area contributed by atoms with E-state index in [1.807, 2.05) is 36.4 Å². The molecule has 0 aromatic heterocycles. The Bertz CT molecular complexity index is 423. The average Bonchev–Trinajstić information content (AvgIpc) is 2.48. The third-order valence-corrected chi connectivity index (χ3v) is 3.67. The van der Waals surface area contributed by atoms with Crippen LogP contribution in [0.15, 0.2) is 30.3 Å². The molecule has 1 unspecified atom stereocenters. The minimum absolute atomic E-state index is 0.416. The maximum Gasteiger partial charge on any atom is 0.118 e. The van der Waals surface area contributed by atoms with E-state index in [4.69, 9.17) is 4.74 Å². The van der Waals surface area contributed by atoms with Gasteiger partial charge in [0.1, 0.15) is 5.75 Å². The molecule has 0 spiro atoms. The first-order valence-electron chi connectivity index (χ1n) is 7.08. The Morgan fingerprint density at radius 2 is 1.85 bits per heavy atom. The van der Waals surface area contributed by atoms with Crippen LogP contribution in [0.25, 0.3) is 6.08 Å². The van der Waals surface area contributed by atoms with E-state index in [1.165, 1.54) is 0 Å². The summed E-state index contributed by atoms with van der Waals surface area (Å²) >= 11 is 0. The molecular formula is C16H24N2O2. The topological polar surface area (TPSA) is 35.9 Å². The second-order valence-corrected chi connectivity index (χ2v) is 5.30. The summed E-state index contributed by atoms with van der Waals surface area (Å²) < 4.78 is 5.12. The lowest BCUT2D eigenvalue weighted by Gasteiger charge is -2.33. The predicted octanol–water partition coefficient (Wildman–Crippen LogP) is 1.32. The highest BCUT2D eigenvalue weighted by atomic mass is 16.5. The number of methoxy groups -OCH3 is 1. The van der Waals surface area contributed by atoms with Crippen molar-refractivity contribution >= 4 is 6.08 Å². The number of rotatable bonds is 5. The van der Waals surface area contributed by atoms with Crippen LogP contribution in [-0.2, 0) is 0 Å². The molecule has 2 rings (SSSR count). The van der Waals surface area contributed by atoms with Crippen LogP contribution in [0.4, 0.5) is 0 Å². The molecule has 20 heavy (non-hydrogen) atoms. The van der Waals surface area contributed by atoms with Gasteiger partial charge in [-0.3, -0.25) is 4.90 Å². The molecule has 1 aromatic carbocycles. The number of nitrogens with zero attached hydrogens (tertiary/aromatic N) is 2. The predicted molar refractivity (Wildman–Crippen MR) is 82.0 cm³/mol. The van der Waals surface area contributed by atoms with Crippen LogP contribution in [0.2, 0.25) is 0 Å². The third-order valence-electron chi connectivity index (χ3n) is 3.67. The van der Waals surface area contributed by atoms with Gasteiger partial charge in [-0.05, 0) is 24.7 Å². The second-order valence-electron chi connectivity index (χ2n) is 5.30. The van der Waals surface area contributed by atoms with Crippen molar-refractivity contribution in [3.63, 3.8) is 0 Å². The van der Waals surface area contributed by atoms with E-state index >= 15 is 0 Å². The molecule has 1 aromatic rings. The number of hydrogen-bond donors (Lipinski definition) is 1. The molecule has 4 heteroatoms. The number of aliphatic hydroxyl groups excluding tert-OH is 1. The van der Waals surface area contributed by atoms with Crippen molar-refractivity contribution in [1.82, 2.24) is 9.80 Å². The van der Waals surface area contributed by atoms with Crippen molar-refractivity contribution in [2.45, 2.75) is 6.10 Å². The monoisotopic (exact) mass is 276 g/mol. The van der Waals surface area contributed by atoms with Crippen molar-refractivity contribution in [1.29, 1.82) is 0 Å². The quantitative estimate of drug-likeness (QED) is 0.880. The first kappa shape index (κ1) is 15.0. The Hall–Kier alpha value is -1.36. The van der Waals surface area contributed by atoms with Gasteiger partial charge in [-0.1, -0.05) is 24.3 Å². The van der Waals surface area contributed by atoms with Gasteiger partial charge < -0.3 is 14.7 Å². The molecule has 4 nitrogen and oxygen atoms in total. The Morgan fingerprint density at radius 1 is 1.20 bits per heavy atom. The maximum atomic E-state index is 10.1. The van der Waals surface area contributed by atoms with Crippen molar-refractivity contribution in [2.24, 2.45) is 0 Å². The third kappa shape index (κ3) is 4.63. The van der Waals surface area contributed by atoms with Crippen LogP contribution in [0, 0.1) is 0 Å². The average molecular weight is 276 g/mol. The largest absolute Gasteiger partial charge is 0.497 e. The lowest BCUT2D eigenvalue weighted by molar-refractivity contribution is 0.103. The zero-order valence-electron chi connectivity index (χ0n) is 12.3. The zero-order valence-corrected chi connectivity index (χ0v) is 12.3. The summed E-state index contributed by atoms with van der Waals surface area (Å²) in [5, 5.41) is 10.1. The first-order chi connectivity index (χ1) is 9.67. The Kier molecular flexibility index (Phi) is 5.59. The highest BCUT2D eigenvalue weighted by Crippen LogP contribution is 2.12. The van der Waals surface area contributed by atoms with E-state index < -0.39 is 6.10 Å². The minimum Gasteiger partial charge on any atom is -0.497 e. The van der Waals surface area contributed by atoms with Gasteiger partial charge in [0.15, 0.2) is 0 Å². The molecule has 0 saturated carbocycles. The summed E-state index contributed by atoms with van der Waals surface area (Å²) in [7, 11) is 3.79. The molecule has 0 amide bonds. The van der Waals surface area contributed by atoms with Gasteiger partial charge in [-0.25, -0.2) is 0 Å². The van der Waals surface area contributed by atoms with Crippen LogP contribution in [0.5, 0.6) is 5.75 Å². The van der Waals surface area contributed by atoms with Gasteiger partial charge in [0.05, 0.1) is 13.2 Å². The number of aliphatic hydroxyl groups is 1. The molecule has 1 fully saturated rings. The molecular weight excluding hydrogens is 252 g/mol. The van der Waals surface area contributed by atoms with Crippen LogP contribution in [0.3, 0.4) is 0 Å². The maximum absolute atomic E-state index is 10.1. The van der Waals surface area contributed by atoms with E-state index in [2.05, 4.69) is 16.8 Å². The van der Waals surface area contributed by atoms with Crippen LogP contribution >= 0.6 is 0 Å². The Labute approximate surface area is 121 Å². The van der Waals surface area contributed by atoms with E-state index in [1.54, 1.807) is 7.11 Å². The molecule has 1 saturated heterocycles. The summed E-state index contributed by atoms with van der Waals surface area (Å²) in [6, 6.07) is 7.81. The first-order valence-corrected chi connectivity index (χ1v) is 7.08. The molecule has 0 aliphatic carbocycles. The molecule has 110 valence electrons. The number of piperazine rings is 1. The molecule has 1 N–H and O–H groups in total. The number of β-amino-alcohol motifs (C(OH)–C–C–N with tert-alkyl or cyclic N) is 1. The summed E-state index contributed by atoms with van der Waals surface area (Å²) in [4.78, 5) is 4.62. The SMILES string of the molecule is COc1ccc(/C=C/C(O)CN2CCN(C)CC2)cc1. The molecule has 1 atom stereocenters. The van der Waals surface area contributed by atoms with Crippen molar-refractivity contribution in [2.75, 3.05) is 46.9 Å². The standard InChI is InChI=1S/C16H24N2O2/c1-17-9-11-18(12-10-17)13-15(19)6-3-14-4-7-16(20-2)8-5-14/h3-8,15,19H,9-13H2,1-2H3/b6-3+. The van der Waals surface area contributed by atoms with E-state index in [0.29, 0.717) is 6.54 Å². The Balaban J connectivity index is 1.80. The number of benzene rings is 1. The lowest BCUT2D eigenvalue weighted by Crippen LogP contribution is -2.46. The van der Waals surface area contributed by atoms with Gasteiger partial charge in [0, 0.05) is 32.7 Å². The van der Waals surface area contributed by atoms with Crippen molar-refractivity contribution in [3.05, 3.63) is 35.9 Å². The second kappa shape index (κ2) is 7.43. The molecule has 1 aliphatic heterocycles. The summed E-state index contributed by atoms with van der Waals surface area (Å²) in [5.74, 6) is 0.847. The smallest absolute Gasteiger partial charge is 0.118 e. The number of hydrogen-bond acceptors (Lipinski definition) is 4. The van der Waals surface area contributed by atoms with Gasteiger partial charge in [-0.2, -0.15) is 0 Å². The van der Waals surface area contributed by atoms with Crippen molar-refractivity contribution in [3.8, 4) is 5.75 Å². The number of likely N-dealkylation sites (N-methyl/N-ethyl adjacent to an activating group) is 1. The fourth-order valence-electron chi connectivity index (χ4n) is 2.29. The summed E-state index contributed by atoms with van der Waals surface area (Å²) in [6.07, 6.45) is 3.40. The highest BCUT2D eigenvalue weighted by molar-refractivity contribution is 5.51. The summed E-state index contributed by atoms with van der Waals surface area (Å²) in [6.45, 7) is 4.93. The van der Waals surface area contributed by atoms with Crippen LogP contribution in [-0.4, -0.2) is 67.9 Å². The zero-order chi connectivity index (χ0) is 14.4. The lowest BCUT2D eigenvalue weighted by atomic mass is 10.1. The van der Waals surface area contributed by atoms with Gasteiger partial charge in [0.25, 0.3) is 0 Å². The number of ether oxygens (including phenoxy) is 1. The fraction of sp³-hybridized carbons (Fsp3) is 0.500. The fourth-order valence-corrected chi connectivity index (χ4v) is 2.29. The van der Waals surface area contributed by atoms with Crippen LogP contribution < -0.4 is 4.74 Å². The van der Waals surface area contributed by atoms with E-state index in [0.717, 1.165) is 37.5 Å². The minimum atomic E-state index is -0.416.